The van der Waals surface area contributed by atoms with Gasteiger partial charge in [0.25, 0.3) is 0 Å². The standard InChI is InChI=1S/C12H14O/c1-12(2,3)11-6-9-4-5-13-8-10(9)7-11/h4-8H,1-3H3. The van der Waals surface area contributed by atoms with Crippen molar-refractivity contribution in [3.63, 3.8) is 0 Å². The van der Waals surface area contributed by atoms with Crippen LogP contribution in [0.3, 0.4) is 0 Å². The second-order valence-corrected chi connectivity index (χ2v) is 4.46. The second kappa shape index (κ2) is 2.63. The molecular weight excluding hydrogens is 160 g/mol. The smallest absolute Gasteiger partial charge is 0.0979 e. The molecule has 68 valence electrons. The van der Waals surface area contributed by atoms with Gasteiger partial charge in [0.2, 0.25) is 0 Å². The maximum Gasteiger partial charge on any atom is 0.0979 e. The molecule has 1 heteroatoms. The van der Waals surface area contributed by atoms with Gasteiger partial charge in [-0.3, -0.25) is 0 Å². The molecule has 2 rings (SSSR count). The molecule has 0 bridgehead atoms. The summed E-state index contributed by atoms with van der Waals surface area (Å²) in [4.78, 5) is 0. The van der Waals surface area contributed by atoms with E-state index in [4.69, 9.17) is 4.42 Å². The van der Waals surface area contributed by atoms with Crippen LogP contribution in [0.5, 0.6) is 0 Å². The van der Waals surface area contributed by atoms with Crippen LogP contribution in [-0.4, -0.2) is 0 Å². The number of rotatable bonds is 0. The molecule has 0 aromatic carbocycles. The Balaban J connectivity index is 2.58. The fraction of sp³-hybridized carbons (Fsp3) is 0.333. The Morgan fingerprint density at radius 1 is 1.08 bits per heavy atom. The van der Waals surface area contributed by atoms with Gasteiger partial charge in [0, 0.05) is 5.56 Å². The van der Waals surface area contributed by atoms with Crippen molar-refractivity contribution in [1.82, 2.24) is 0 Å². The first-order chi connectivity index (χ1) is 6.07. The summed E-state index contributed by atoms with van der Waals surface area (Å²) in [6.07, 6.45) is 3.51. The van der Waals surface area contributed by atoms with E-state index in [-0.39, 0.29) is 5.41 Å². The third-order valence-corrected chi connectivity index (χ3v) is 2.34. The molecule has 1 aliphatic carbocycles. The van der Waals surface area contributed by atoms with Crippen molar-refractivity contribution >= 4 is 0 Å². The minimum atomic E-state index is 0.221. The molecule has 2 aliphatic rings. The molecular formula is C12H14O. The lowest BCUT2D eigenvalue weighted by molar-refractivity contribution is 0.552. The van der Waals surface area contributed by atoms with Gasteiger partial charge in [-0.15, -0.1) is 0 Å². The summed E-state index contributed by atoms with van der Waals surface area (Å²) in [6, 6.07) is 6.42. The average molecular weight is 174 g/mol. The largest absolute Gasteiger partial charge is 0.472 e. The first kappa shape index (κ1) is 8.36. The molecule has 0 atom stereocenters. The zero-order chi connectivity index (χ0) is 9.47. The molecule has 0 fully saturated rings. The molecule has 0 unspecified atom stereocenters. The second-order valence-electron chi connectivity index (χ2n) is 4.46. The Kier molecular flexibility index (Phi) is 1.69. The minimum Gasteiger partial charge on any atom is -0.472 e. The van der Waals surface area contributed by atoms with Gasteiger partial charge in [-0.25, -0.2) is 0 Å². The maximum absolute atomic E-state index is 5.12. The molecule has 0 radical (unpaired) electrons. The monoisotopic (exact) mass is 174 g/mol. The van der Waals surface area contributed by atoms with E-state index < -0.39 is 0 Å². The van der Waals surface area contributed by atoms with Crippen molar-refractivity contribution < 1.29 is 4.42 Å². The predicted octanol–water partition coefficient (Wildman–Crippen LogP) is 3.68. The molecule has 1 heterocycles. The molecule has 0 N–H and O–H groups in total. The van der Waals surface area contributed by atoms with E-state index in [1.165, 1.54) is 16.7 Å². The summed E-state index contributed by atoms with van der Waals surface area (Å²) in [5.74, 6) is 0. The molecule has 0 amide bonds. The van der Waals surface area contributed by atoms with Gasteiger partial charge in [0.1, 0.15) is 0 Å². The zero-order valence-electron chi connectivity index (χ0n) is 8.29. The Hall–Kier alpha value is -1.24. The molecule has 1 aliphatic heterocycles. The first-order valence-electron chi connectivity index (χ1n) is 4.54. The zero-order valence-corrected chi connectivity index (χ0v) is 8.29. The lowest BCUT2D eigenvalue weighted by Crippen LogP contribution is -2.08. The summed E-state index contributed by atoms with van der Waals surface area (Å²) < 4.78 is 5.12. The number of hydrogen-bond acceptors (Lipinski definition) is 1. The van der Waals surface area contributed by atoms with Crippen LogP contribution in [0.2, 0.25) is 0 Å². The van der Waals surface area contributed by atoms with Crippen LogP contribution in [-0.2, 0) is 5.41 Å². The summed E-state index contributed by atoms with van der Waals surface area (Å²) in [5.41, 5.74) is 4.03. The van der Waals surface area contributed by atoms with Crippen molar-refractivity contribution in [2.75, 3.05) is 0 Å². The first-order valence-corrected chi connectivity index (χ1v) is 4.54. The Morgan fingerprint density at radius 2 is 1.77 bits per heavy atom. The Morgan fingerprint density at radius 3 is 2.38 bits per heavy atom. The highest BCUT2D eigenvalue weighted by atomic mass is 16.3. The Labute approximate surface area is 78.7 Å². The molecule has 0 saturated carbocycles. The molecule has 0 aromatic rings. The van der Waals surface area contributed by atoms with Gasteiger partial charge in [-0.2, -0.15) is 0 Å². The number of fused-ring (bicyclic) bond motifs is 1. The predicted molar refractivity (Wildman–Crippen MR) is 54.0 cm³/mol. The van der Waals surface area contributed by atoms with Crippen LogP contribution in [0.4, 0.5) is 0 Å². The van der Waals surface area contributed by atoms with Crippen molar-refractivity contribution in [2.24, 2.45) is 0 Å². The topological polar surface area (TPSA) is 13.1 Å². The van der Waals surface area contributed by atoms with Gasteiger partial charge in [0.05, 0.1) is 12.5 Å². The van der Waals surface area contributed by atoms with E-state index in [1.54, 1.807) is 12.5 Å². The normalized spacial score (nSPS) is 12.2. The van der Waals surface area contributed by atoms with E-state index >= 15 is 0 Å². The Bertz CT molecular complexity index is 349. The van der Waals surface area contributed by atoms with E-state index in [9.17, 15) is 0 Å². The van der Waals surface area contributed by atoms with Gasteiger partial charge in [-0.05, 0) is 28.7 Å². The fourth-order valence-corrected chi connectivity index (χ4v) is 1.45. The van der Waals surface area contributed by atoms with Crippen molar-refractivity contribution in [3.8, 4) is 11.1 Å². The van der Waals surface area contributed by atoms with Gasteiger partial charge in [0.15, 0.2) is 0 Å². The third kappa shape index (κ3) is 1.46. The summed E-state index contributed by atoms with van der Waals surface area (Å²) in [6.45, 7) is 6.66. The lowest BCUT2D eigenvalue weighted by atomic mass is 9.89. The van der Waals surface area contributed by atoms with E-state index in [0.717, 1.165) is 0 Å². The fourth-order valence-electron chi connectivity index (χ4n) is 1.45. The van der Waals surface area contributed by atoms with Gasteiger partial charge in [-0.1, -0.05) is 26.8 Å². The highest BCUT2D eigenvalue weighted by Gasteiger charge is 2.17. The van der Waals surface area contributed by atoms with Gasteiger partial charge < -0.3 is 4.42 Å². The van der Waals surface area contributed by atoms with Crippen LogP contribution in [0.15, 0.2) is 35.1 Å². The minimum absolute atomic E-state index is 0.221. The van der Waals surface area contributed by atoms with Gasteiger partial charge >= 0.3 is 0 Å². The average Bonchev–Trinajstić information content (AvgIpc) is 2.45. The van der Waals surface area contributed by atoms with E-state index in [2.05, 4.69) is 32.9 Å². The lowest BCUT2D eigenvalue weighted by Gasteiger charge is -2.15. The molecule has 1 nitrogen and oxygen atoms in total. The highest BCUT2D eigenvalue weighted by Crippen LogP contribution is 2.32. The van der Waals surface area contributed by atoms with Crippen molar-refractivity contribution in [2.45, 2.75) is 26.2 Å². The molecule has 13 heavy (non-hydrogen) atoms. The molecule has 0 aromatic heterocycles. The van der Waals surface area contributed by atoms with Crippen LogP contribution >= 0.6 is 0 Å². The summed E-state index contributed by atoms with van der Waals surface area (Å²) >= 11 is 0. The SMILES string of the molecule is CC(C)(C)c1cc2ccocc-2c1. The van der Waals surface area contributed by atoms with Crippen LogP contribution < -0.4 is 0 Å². The summed E-state index contributed by atoms with van der Waals surface area (Å²) in [7, 11) is 0. The van der Waals surface area contributed by atoms with Crippen molar-refractivity contribution in [3.05, 3.63) is 36.3 Å². The summed E-state index contributed by atoms with van der Waals surface area (Å²) in [5, 5.41) is 0. The highest BCUT2D eigenvalue weighted by molar-refractivity contribution is 5.67. The van der Waals surface area contributed by atoms with E-state index in [0.29, 0.717) is 0 Å². The quantitative estimate of drug-likeness (QED) is 0.593. The van der Waals surface area contributed by atoms with Crippen LogP contribution in [0.25, 0.3) is 11.1 Å². The van der Waals surface area contributed by atoms with Crippen LogP contribution in [0.1, 0.15) is 26.3 Å². The number of hydrogen-bond donors (Lipinski definition) is 0. The van der Waals surface area contributed by atoms with Crippen LogP contribution in [0, 0.1) is 0 Å². The van der Waals surface area contributed by atoms with E-state index in [1.807, 2.05) is 6.07 Å². The van der Waals surface area contributed by atoms with Crippen molar-refractivity contribution in [1.29, 1.82) is 0 Å². The maximum atomic E-state index is 5.12. The molecule has 0 saturated heterocycles. The molecule has 0 spiro atoms. The third-order valence-electron chi connectivity index (χ3n) is 2.34.